The van der Waals surface area contributed by atoms with Gasteiger partial charge in [-0.15, -0.1) is 5.53 Å². The number of rotatable bonds is 1. The van der Waals surface area contributed by atoms with Crippen LogP contribution < -0.4 is 21.5 Å². The Labute approximate surface area is 52.1 Å². The number of hydrogen-bond acceptors (Lipinski definition) is 5. The molecule has 1 aliphatic rings. The number of hydrazine groups is 2. The molecule has 0 unspecified atom stereocenters. The van der Waals surface area contributed by atoms with Gasteiger partial charge in [0.05, 0.1) is 6.20 Å². The average molecular weight is 150 g/mol. The molecule has 0 saturated heterocycles. The van der Waals surface area contributed by atoms with Crippen LogP contribution in [-0.2, 0) is 10.0 Å². The van der Waals surface area contributed by atoms with E-state index in [4.69, 9.17) is 5.14 Å². The van der Waals surface area contributed by atoms with Crippen molar-refractivity contribution in [3.63, 3.8) is 0 Å². The number of hydrogen-bond donors (Lipinski definition) is 4. The molecule has 0 saturated carbocycles. The van der Waals surface area contributed by atoms with Crippen molar-refractivity contribution in [1.29, 1.82) is 0 Å². The average Bonchev–Trinajstić information content (AvgIpc) is 2.08. The second-order valence-corrected chi connectivity index (χ2v) is 2.98. The number of sulfonamides is 1. The third-order valence-electron chi connectivity index (χ3n) is 0.768. The van der Waals surface area contributed by atoms with Gasteiger partial charge in [0.15, 0.2) is 5.03 Å². The summed E-state index contributed by atoms with van der Waals surface area (Å²) in [4.78, 5) is 0. The van der Waals surface area contributed by atoms with Gasteiger partial charge in [-0.3, -0.25) is 5.43 Å². The second-order valence-electron chi connectivity index (χ2n) is 1.45. The van der Waals surface area contributed by atoms with E-state index in [-0.39, 0.29) is 5.03 Å². The molecular formula is C2H6N4O2S. The molecule has 0 spiro atoms. The van der Waals surface area contributed by atoms with Gasteiger partial charge in [0.2, 0.25) is 0 Å². The fourth-order valence-electron chi connectivity index (χ4n) is 0.389. The van der Waals surface area contributed by atoms with Gasteiger partial charge in [0.25, 0.3) is 10.0 Å². The highest BCUT2D eigenvalue weighted by molar-refractivity contribution is 7.93. The highest BCUT2D eigenvalue weighted by atomic mass is 32.2. The third kappa shape index (κ3) is 1.31. The van der Waals surface area contributed by atoms with Crippen molar-refractivity contribution >= 4 is 10.0 Å². The molecule has 0 atom stereocenters. The van der Waals surface area contributed by atoms with Crippen molar-refractivity contribution in [2.45, 2.75) is 0 Å². The smallest absolute Gasteiger partial charge is 0.256 e. The van der Waals surface area contributed by atoms with E-state index in [1.807, 2.05) is 0 Å². The Morgan fingerprint density at radius 3 is 2.44 bits per heavy atom. The molecule has 1 heterocycles. The van der Waals surface area contributed by atoms with Crippen molar-refractivity contribution in [3.8, 4) is 0 Å². The van der Waals surface area contributed by atoms with Gasteiger partial charge in [-0.05, 0) is 0 Å². The van der Waals surface area contributed by atoms with Crippen LogP contribution in [0.1, 0.15) is 0 Å². The van der Waals surface area contributed by atoms with Gasteiger partial charge < -0.3 is 5.43 Å². The van der Waals surface area contributed by atoms with Crippen molar-refractivity contribution in [3.05, 3.63) is 11.2 Å². The van der Waals surface area contributed by atoms with E-state index in [9.17, 15) is 8.42 Å². The van der Waals surface area contributed by atoms with Gasteiger partial charge in [-0.2, -0.15) is 0 Å². The Balaban J connectivity index is 2.87. The summed E-state index contributed by atoms with van der Waals surface area (Å²) in [6, 6.07) is 0. The van der Waals surface area contributed by atoms with Crippen LogP contribution >= 0.6 is 0 Å². The van der Waals surface area contributed by atoms with Crippen molar-refractivity contribution in [1.82, 2.24) is 16.4 Å². The van der Waals surface area contributed by atoms with E-state index < -0.39 is 10.0 Å². The topological polar surface area (TPSA) is 96.2 Å². The molecule has 1 aliphatic heterocycles. The van der Waals surface area contributed by atoms with Crippen molar-refractivity contribution < 1.29 is 8.42 Å². The minimum atomic E-state index is -3.58. The lowest BCUT2D eigenvalue weighted by atomic mass is 11.0. The maximum Gasteiger partial charge on any atom is 0.256 e. The van der Waals surface area contributed by atoms with E-state index in [2.05, 4.69) is 16.4 Å². The van der Waals surface area contributed by atoms with Crippen LogP contribution in [0.2, 0.25) is 0 Å². The van der Waals surface area contributed by atoms with Crippen LogP contribution in [0, 0.1) is 0 Å². The van der Waals surface area contributed by atoms with Crippen molar-refractivity contribution in [2.24, 2.45) is 5.14 Å². The maximum atomic E-state index is 10.4. The molecule has 0 aromatic heterocycles. The van der Waals surface area contributed by atoms with E-state index in [0.29, 0.717) is 0 Å². The molecule has 0 fully saturated rings. The predicted octanol–water partition coefficient (Wildman–Crippen LogP) is -2.31. The second kappa shape index (κ2) is 1.87. The molecule has 0 amide bonds. The normalized spacial score (nSPS) is 18.1. The molecule has 6 nitrogen and oxygen atoms in total. The largest absolute Gasteiger partial charge is 0.308 e. The van der Waals surface area contributed by atoms with E-state index in [1.165, 1.54) is 6.20 Å². The fourth-order valence-corrected chi connectivity index (χ4v) is 0.805. The zero-order valence-corrected chi connectivity index (χ0v) is 5.20. The molecule has 0 bridgehead atoms. The third-order valence-corrected chi connectivity index (χ3v) is 1.60. The molecule has 5 N–H and O–H groups in total. The number of nitrogens with two attached hydrogens (primary N) is 1. The molecule has 0 aromatic carbocycles. The van der Waals surface area contributed by atoms with Crippen LogP contribution in [0.3, 0.4) is 0 Å². The van der Waals surface area contributed by atoms with Crippen LogP contribution in [0.4, 0.5) is 0 Å². The summed E-state index contributed by atoms with van der Waals surface area (Å²) >= 11 is 0. The first-order valence-electron chi connectivity index (χ1n) is 2.10. The monoisotopic (exact) mass is 150 g/mol. The summed E-state index contributed by atoms with van der Waals surface area (Å²) in [5, 5.41) is 4.64. The molecule has 52 valence electrons. The molecule has 1 rings (SSSR count). The number of nitrogens with one attached hydrogen (secondary N) is 3. The summed E-state index contributed by atoms with van der Waals surface area (Å²) in [6.07, 6.45) is 1.22. The van der Waals surface area contributed by atoms with Crippen LogP contribution in [0.5, 0.6) is 0 Å². The maximum absolute atomic E-state index is 10.4. The zero-order valence-electron chi connectivity index (χ0n) is 4.38. The standard InChI is InChI=1S/C2H6N4O2S/c3-9(7,8)2-1-4-6-5-2/h1,4-6H,(H2,3,7,8). The van der Waals surface area contributed by atoms with Gasteiger partial charge in [0, 0.05) is 0 Å². The fraction of sp³-hybridized carbons (Fsp3) is 0. The molecular weight excluding hydrogens is 144 g/mol. The molecule has 0 aliphatic carbocycles. The van der Waals surface area contributed by atoms with Crippen LogP contribution in [0.25, 0.3) is 0 Å². The lowest BCUT2D eigenvalue weighted by molar-refractivity contribution is 0.583. The van der Waals surface area contributed by atoms with Crippen molar-refractivity contribution in [2.75, 3.05) is 0 Å². The van der Waals surface area contributed by atoms with Gasteiger partial charge >= 0.3 is 0 Å². The van der Waals surface area contributed by atoms with Gasteiger partial charge in [-0.25, -0.2) is 13.6 Å². The first kappa shape index (κ1) is 6.33. The minimum absolute atomic E-state index is 0.0671. The SMILES string of the molecule is NS(=O)(=O)C1=CNNN1. The number of primary sulfonamides is 1. The van der Waals surface area contributed by atoms with Crippen LogP contribution in [-0.4, -0.2) is 8.42 Å². The van der Waals surface area contributed by atoms with E-state index in [0.717, 1.165) is 0 Å². The lowest BCUT2D eigenvalue weighted by Crippen LogP contribution is -2.34. The molecule has 9 heavy (non-hydrogen) atoms. The Morgan fingerprint density at radius 1 is 1.56 bits per heavy atom. The van der Waals surface area contributed by atoms with Gasteiger partial charge in [0.1, 0.15) is 0 Å². The predicted molar refractivity (Wildman–Crippen MR) is 30.6 cm³/mol. The zero-order chi connectivity index (χ0) is 6.91. The molecule has 7 heteroatoms. The summed E-state index contributed by atoms with van der Waals surface area (Å²) < 4.78 is 20.8. The quantitative estimate of drug-likeness (QED) is 0.337. The summed E-state index contributed by atoms with van der Waals surface area (Å²) in [5.74, 6) is 0. The summed E-state index contributed by atoms with van der Waals surface area (Å²) in [7, 11) is -3.58. The lowest BCUT2D eigenvalue weighted by Gasteiger charge is -1.96. The highest BCUT2D eigenvalue weighted by Crippen LogP contribution is 1.94. The highest BCUT2D eigenvalue weighted by Gasteiger charge is 2.13. The van der Waals surface area contributed by atoms with E-state index in [1.54, 1.807) is 0 Å². The Bertz CT molecular complexity index is 229. The molecule has 0 aromatic rings. The first-order chi connectivity index (χ1) is 4.11. The van der Waals surface area contributed by atoms with Crippen LogP contribution in [0.15, 0.2) is 11.2 Å². The first-order valence-corrected chi connectivity index (χ1v) is 3.65. The Kier molecular flexibility index (Phi) is 1.31. The summed E-state index contributed by atoms with van der Waals surface area (Å²) in [6.45, 7) is 0. The minimum Gasteiger partial charge on any atom is -0.308 e. The summed E-state index contributed by atoms with van der Waals surface area (Å²) in [5.41, 5.74) is 7.01. The van der Waals surface area contributed by atoms with E-state index >= 15 is 0 Å². The van der Waals surface area contributed by atoms with Gasteiger partial charge in [-0.1, -0.05) is 0 Å². The Hall–Kier alpha value is -0.790. The molecule has 0 radical (unpaired) electrons. The Morgan fingerprint density at radius 2 is 2.22 bits per heavy atom.